The van der Waals surface area contributed by atoms with Gasteiger partial charge in [0.2, 0.25) is 0 Å². The molecule has 1 atom stereocenters. The summed E-state index contributed by atoms with van der Waals surface area (Å²) in [7, 11) is 0. The number of carbonyl (C=O) groups is 1. The predicted octanol–water partition coefficient (Wildman–Crippen LogP) is 3.85. The molecule has 2 fully saturated rings. The molecule has 1 amide bonds. The van der Waals surface area contributed by atoms with E-state index in [1.807, 2.05) is 17.0 Å². The fourth-order valence-electron chi connectivity index (χ4n) is 2.92. The average molecular weight is 372 g/mol. The van der Waals surface area contributed by atoms with E-state index >= 15 is 0 Å². The third kappa shape index (κ3) is 3.79. The number of nitrogens with one attached hydrogen (secondary N) is 1. The minimum absolute atomic E-state index is 0.0659. The number of nitrogens with zero attached hydrogens (tertiary/aromatic N) is 1. The zero-order valence-electron chi connectivity index (χ0n) is 11.9. The van der Waals surface area contributed by atoms with Crippen LogP contribution < -0.4 is 5.32 Å². The van der Waals surface area contributed by atoms with Crippen molar-refractivity contribution < 1.29 is 4.79 Å². The molecule has 3 rings (SSSR count). The zero-order chi connectivity index (χ0) is 14.8. The van der Waals surface area contributed by atoms with Crippen molar-refractivity contribution in [1.82, 2.24) is 10.2 Å². The van der Waals surface area contributed by atoms with Crippen LogP contribution in [0.3, 0.4) is 0 Å². The molecule has 3 nitrogen and oxygen atoms in total. The highest BCUT2D eigenvalue weighted by atomic mass is 79.9. The normalized spacial score (nSPS) is 22.1. The first-order valence-corrected chi connectivity index (χ1v) is 8.81. The van der Waals surface area contributed by atoms with Gasteiger partial charge in [-0.3, -0.25) is 4.79 Å². The molecule has 1 unspecified atom stereocenters. The van der Waals surface area contributed by atoms with E-state index in [2.05, 4.69) is 21.2 Å². The Morgan fingerprint density at radius 3 is 2.81 bits per heavy atom. The zero-order valence-corrected chi connectivity index (χ0v) is 14.3. The molecule has 1 aliphatic heterocycles. The fraction of sp³-hybridized carbons (Fsp3) is 0.562. The van der Waals surface area contributed by atoms with Gasteiger partial charge >= 0.3 is 0 Å². The minimum atomic E-state index is 0.0659. The Morgan fingerprint density at radius 2 is 2.14 bits per heavy atom. The van der Waals surface area contributed by atoms with Crippen LogP contribution in [-0.4, -0.2) is 36.0 Å². The largest absolute Gasteiger partial charge is 0.334 e. The number of benzene rings is 1. The van der Waals surface area contributed by atoms with Crippen molar-refractivity contribution in [2.24, 2.45) is 0 Å². The van der Waals surface area contributed by atoms with Gasteiger partial charge in [-0.05, 0) is 50.4 Å². The lowest BCUT2D eigenvalue weighted by Gasteiger charge is -2.31. The molecule has 114 valence electrons. The van der Waals surface area contributed by atoms with E-state index in [1.54, 1.807) is 6.07 Å². The third-order valence-corrected chi connectivity index (χ3v) is 5.06. The first-order valence-electron chi connectivity index (χ1n) is 7.64. The van der Waals surface area contributed by atoms with Crippen molar-refractivity contribution in [3.63, 3.8) is 0 Å². The molecule has 0 bridgehead atoms. The summed E-state index contributed by atoms with van der Waals surface area (Å²) >= 11 is 9.64. The highest BCUT2D eigenvalue weighted by Gasteiger charge is 2.35. The maximum atomic E-state index is 12.9. The van der Waals surface area contributed by atoms with Crippen LogP contribution in [0.4, 0.5) is 0 Å². The lowest BCUT2D eigenvalue weighted by atomic mass is 10.0. The summed E-state index contributed by atoms with van der Waals surface area (Å²) in [6, 6.07) is 6.30. The second-order valence-corrected chi connectivity index (χ2v) is 7.28. The number of amides is 1. The summed E-state index contributed by atoms with van der Waals surface area (Å²) in [5.41, 5.74) is 0.605. The van der Waals surface area contributed by atoms with E-state index in [0.717, 1.165) is 36.8 Å². The lowest BCUT2D eigenvalue weighted by Crippen LogP contribution is -2.46. The van der Waals surface area contributed by atoms with Crippen molar-refractivity contribution in [1.29, 1.82) is 0 Å². The van der Waals surface area contributed by atoms with Crippen LogP contribution in [0.1, 0.15) is 42.5 Å². The number of hydrogen-bond donors (Lipinski definition) is 1. The molecule has 1 saturated carbocycles. The third-order valence-electron chi connectivity index (χ3n) is 4.24. The quantitative estimate of drug-likeness (QED) is 0.872. The molecule has 0 aromatic heterocycles. The molecule has 21 heavy (non-hydrogen) atoms. The van der Waals surface area contributed by atoms with Crippen LogP contribution >= 0.6 is 27.5 Å². The fourth-order valence-corrected chi connectivity index (χ4v) is 3.48. The Hall–Kier alpha value is -0.580. The first kappa shape index (κ1) is 15.3. The summed E-state index contributed by atoms with van der Waals surface area (Å²) in [4.78, 5) is 14.9. The van der Waals surface area contributed by atoms with Gasteiger partial charge in [0, 0.05) is 23.1 Å². The highest BCUT2D eigenvalue weighted by molar-refractivity contribution is 9.10. The van der Waals surface area contributed by atoms with E-state index in [9.17, 15) is 4.79 Å². The molecule has 0 spiro atoms. The molecular weight excluding hydrogens is 352 g/mol. The van der Waals surface area contributed by atoms with Gasteiger partial charge < -0.3 is 10.2 Å². The molecule has 1 aliphatic carbocycles. The van der Waals surface area contributed by atoms with Crippen molar-refractivity contribution in [2.75, 3.05) is 13.1 Å². The number of halogens is 2. The number of rotatable bonds is 4. The van der Waals surface area contributed by atoms with Gasteiger partial charge in [0.15, 0.2) is 0 Å². The van der Waals surface area contributed by atoms with E-state index in [-0.39, 0.29) is 5.91 Å². The average Bonchev–Trinajstić information content (AvgIpc) is 3.32. The highest BCUT2D eigenvalue weighted by Crippen LogP contribution is 2.31. The molecule has 1 aromatic rings. The molecule has 1 saturated heterocycles. The summed E-state index contributed by atoms with van der Waals surface area (Å²) < 4.78 is 0.891. The molecular formula is C16H20BrClN2O. The van der Waals surface area contributed by atoms with Gasteiger partial charge in [0.1, 0.15) is 0 Å². The molecule has 1 heterocycles. The number of piperidine rings is 1. The molecule has 5 heteroatoms. The Balaban J connectivity index is 1.76. The summed E-state index contributed by atoms with van der Waals surface area (Å²) in [5.74, 6) is 0.0659. The first-order chi connectivity index (χ1) is 10.1. The monoisotopic (exact) mass is 370 g/mol. The Bertz CT molecular complexity index is 527. The van der Waals surface area contributed by atoms with Gasteiger partial charge in [0.05, 0.1) is 10.6 Å². The van der Waals surface area contributed by atoms with E-state index < -0.39 is 0 Å². The Kier molecular flexibility index (Phi) is 4.87. The second-order valence-electron chi connectivity index (χ2n) is 5.96. The SMILES string of the molecule is O=C(c1cc(Br)ccc1Cl)N(CC1CCCCN1)C1CC1. The van der Waals surface area contributed by atoms with Crippen molar-refractivity contribution in [3.8, 4) is 0 Å². The topological polar surface area (TPSA) is 32.3 Å². The van der Waals surface area contributed by atoms with Crippen molar-refractivity contribution in [3.05, 3.63) is 33.3 Å². The van der Waals surface area contributed by atoms with Crippen LogP contribution in [-0.2, 0) is 0 Å². The minimum Gasteiger partial charge on any atom is -0.334 e. The lowest BCUT2D eigenvalue weighted by molar-refractivity contribution is 0.0718. The number of hydrogen-bond acceptors (Lipinski definition) is 2. The predicted molar refractivity (Wildman–Crippen MR) is 88.9 cm³/mol. The van der Waals surface area contributed by atoms with E-state index in [1.165, 1.54) is 12.8 Å². The molecule has 1 N–H and O–H groups in total. The van der Waals surface area contributed by atoms with Gasteiger partial charge in [-0.2, -0.15) is 0 Å². The summed E-state index contributed by atoms with van der Waals surface area (Å²) in [5, 5.41) is 4.06. The summed E-state index contributed by atoms with van der Waals surface area (Å²) in [6.07, 6.45) is 5.88. The molecule has 2 aliphatic rings. The van der Waals surface area contributed by atoms with Gasteiger partial charge in [-0.25, -0.2) is 0 Å². The van der Waals surface area contributed by atoms with Gasteiger partial charge in [-0.15, -0.1) is 0 Å². The van der Waals surface area contributed by atoms with Crippen LogP contribution in [0.5, 0.6) is 0 Å². The summed E-state index contributed by atoms with van der Waals surface area (Å²) in [6.45, 7) is 1.86. The van der Waals surface area contributed by atoms with Crippen molar-refractivity contribution in [2.45, 2.75) is 44.2 Å². The maximum Gasteiger partial charge on any atom is 0.255 e. The van der Waals surface area contributed by atoms with Gasteiger partial charge in [0.25, 0.3) is 5.91 Å². The second kappa shape index (κ2) is 6.67. The van der Waals surface area contributed by atoms with E-state index in [4.69, 9.17) is 11.6 Å². The Morgan fingerprint density at radius 1 is 1.33 bits per heavy atom. The van der Waals surface area contributed by atoms with Crippen LogP contribution in [0.2, 0.25) is 5.02 Å². The van der Waals surface area contributed by atoms with Crippen LogP contribution in [0.25, 0.3) is 0 Å². The van der Waals surface area contributed by atoms with Crippen molar-refractivity contribution >= 4 is 33.4 Å². The van der Waals surface area contributed by atoms with Crippen LogP contribution in [0, 0.1) is 0 Å². The van der Waals surface area contributed by atoms with Gasteiger partial charge in [-0.1, -0.05) is 34.0 Å². The van der Waals surface area contributed by atoms with Crippen LogP contribution in [0.15, 0.2) is 22.7 Å². The molecule has 0 radical (unpaired) electrons. The van der Waals surface area contributed by atoms with E-state index in [0.29, 0.717) is 22.7 Å². The smallest absolute Gasteiger partial charge is 0.255 e. The standard InChI is InChI=1S/C16H20BrClN2O/c17-11-4-7-15(18)14(9-11)16(21)20(13-5-6-13)10-12-3-1-2-8-19-12/h4,7,9,12-13,19H,1-3,5-6,8,10H2. The number of carbonyl (C=O) groups excluding carboxylic acids is 1. The Labute approximate surface area is 139 Å². The molecule has 1 aromatic carbocycles. The maximum absolute atomic E-state index is 12.9.